The maximum absolute atomic E-state index is 13.2. The smallest absolute Gasteiger partial charge is 0.258 e. The van der Waals surface area contributed by atoms with Crippen molar-refractivity contribution in [1.29, 1.82) is 0 Å². The van der Waals surface area contributed by atoms with Crippen LogP contribution in [0.25, 0.3) is 10.9 Å². The van der Waals surface area contributed by atoms with E-state index >= 15 is 0 Å². The lowest BCUT2D eigenvalue weighted by molar-refractivity contribution is 0.506. The van der Waals surface area contributed by atoms with Crippen molar-refractivity contribution >= 4 is 22.7 Å². The third-order valence-electron chi connectivity index (χ3n) is 3.22. The van der Waals surface area contributed by atoms with Gasteiger partial charge in [-0.1, -0.05) is 12.1 Å². The van der Waals surface area contributed by atoms with Crippen LogP contribution < -0.4 is 5.56 Å². The van der Waals surface area contributed by atoms with Crippen LogP contribution in [0.3, 0.4) is 0 Å². The number of thioether (sulfide) groups is 1. The van der Waals surface area contributed by atoms with E-state index in [4.69, 9.17) is 0 Å². The molecule has 0 amide bonds. The fourth-order valence-corrected chi connectivity index (χ4v) is 3.06. The summed E-state index contributed by atoms with van der Waals surface area (Å²) in [5.41, 5.74) is 0.400. The fraction of sp³-hybridized carbons (Fsp3) is 0.125. The highest BCUT2D eigenvalue weighted by Gasteiger charge is 2.13. The van der Waals surface area contributed by atoms with E-state index in [9.17, 15) is 13.6 Å². The number of aromatic amines is 1. The molecule has 0 unspecified atom stereocenters. The molecule has 3 nitrogen and oxygen atoms in total. The van der Waals surface area contributed by atoms with Crippen LogP contribution >= 0.6 is 11.8 Å². The molecule has 3 rings (SSSR count). The Bertz CT molecular complexity index is 895. The quantitative estimate of drug-likeness (QED) is 0.741. The molecule has 112 valence electrons. The molecule has 2 aromatic carbocycles. The van der Waals surface area contributed by atoms with Crippen molar-refractivity contribution in [3.63, 3.8) is 0 Å². The number of hydrogen-bond acceptors (Lipinski definition) is 3. The lowest BCUT2D eigenvalue weighted by atomic mass is 10.2. The minimum Gasteiger partial charge on any atom is -0.309 e. The zero-order valence-corrected chi connectivity index (χ0v) is 12.5. The Morgan fingerprint density at radius 2 is 1.91 bits per heavy atom. The van der Waals surface area contributed by atoms with Gasteiger partial charge in [0.1, 0.15) is 5.82 Å². The molecule has 0 saturated carbocycles. The van der Waals surface area contributed by atoms with Gasteiger partial charge in [-0.3, -0.25) is 4.79 Å². The van der Waals surface area contributed by atoms with Gasteiger partial charge in [-0.2, -0.15) is 0 Å². The zero-order chi connectivity index (χ0) is 15.7. The van der Waals surface area contributed by atoms with Gasteiger partial charge in [0.2, 0.25) is 0 Å². The third kappa shape index (κ3) is 2.87. The Kier molecular flexibility index (Phi) is 3.94. The highest BCUT2D eigenvalue weighted by molar-refractivity contribution is 7.99. The fourth-order valence-electron chi connectivity index (χ4n) is 2.11. The Labute approximate surface area is 129 Å². The highest BCUT2D eigenvalue weighted by atomic mass is 32.2. The van der Waals surface area contributed by atoms with Gasteiger partial charge in [0.25, 0.3) is 5.56 Å². The number of fused-ring (bicyclic) bond motifs is 1. The van der Waals surface area contributed by atoms with Gasteiger partial charge in [-0.25, -0.2) is 13.8 Å². The molecule has 1 atom stereocenters. The molecule has 0 bridgehead atoms. The summed E-state index contributed by atoms with van der Waals surface area (Å²) in [5.74, 6) is -1.27. The van der Waals surface area contributed by atoms with Crippen LogP contribution in [0.2, 0.25) is 0 Å². The van der Waals surface area contributed by atoms with Crippen molar-refractivity contribution in [2.75, 3.05) is 0 Å². The van der Waals surface area contributed by atoms with Gasteiger partial charge in [0.15, 0.2) is 11.6 Å². The van der Waals surface area contributed by atoms with Gasteiger partial charge in [-0.15, -0.1) is 11.8 Å². The van der Waals surface area contributed by atoms with Crippen LogP contribution in [0.4, 0.5) is 8.78 Å². The molecule has 1 N–H and O–H groups in total. The number of hydrogen-bond donors (Lipinski definition) is 1. The molecule has 0 radical (unpaired) electrons. The molecular formula is C16H12F2N2OS. The Morgan fingerprint density at radius 1 is 1.14 bits per heavy atom. The molecule has 0 saturated heterocycles. The molecule has 0 aliphatic carbocycles. The van der Waals surface area contributed by atoms with Crippen molar-refractivity contribution < 1.29 is 8.78 Å². The predicted octanol–water partition coefficient (Wildman–Crippen LogP) is 4.05. The van der Waals surface area contributed by atoms with Crippen LogP contribution in [0, 0.1) is 11.6 Å². The summed E-state index contributed by atoms with van der Waals surface area (Å²) in [4.78, 5) is 19.8. The Hall–Kier alpha value is -2.21. The number of rotatable bonds is 3. The first kappa shape index (κ1) is 14.7. The first-order valence-electron chi connectivity index (χ1n) is 6.65. The minimum absolute atomic E-state index is 0.206. The zero-order valence-electron chi connectivity index (χ0n) is 11.6. The van der Waals surface area contributed by atoms with E-state index in [1.165, 1.54) is 17.8 Å². The van der Waals surface area contributed by atoms with Crippen LogP contribution in [0.15, 0.2) is 52.2 Å². The Balaban J connectivity index is 1.93. The second-order valence-corrected chi connectivity index (χ2v) is 6.22. The monoisotopic (exact) mass is 318 g/mol. The second kappa shape index (κ2) is 5.88. The lowest BCUT2D eigenvalue weighted by Gasteiger charge is -2.11. The predicted molar refractivity (Wildman–Crippen MR) is 83.0 cm³/mol. The first-order valence-corrected chi connectivity index (χ1v) is 7.53. The highest BCUT2D eigenvalue weighted by Crippen LogP contribution is 2.33. The summed E-state index contributed by atoms with van der Waals surface area (Å²) in [5, 5.41) is 0.318. The van der Waals surface area contributed by atoms with Crippen molar-refractivity contribution in [3.05, 3.63) is 70.3 Å². The van der Waals surface area contributed by atoms with Gasteiger partial charge >= 0.3 is 0 Å². The number of nitrogens with one attached hydrogen (secondary N) is 1. The van der Waals surface area contributed by atoms with E-state index in [-0.39, 0.29) is 10.8 Å². The second-order valence-electron chi connectivity index (χ2n) is 4.80. The van der Waals surface area contributed by atoms with E-state index < -0.39 is 11.6 Å². The van der Waals surface area contributed by atoms with E-state index in [2.05, 4.69) is 9.97 Å². The molecule has 0 spiro atoms. The number of nitrogens with zero attached hydrogens (tertiary/aromatic N) is 1. The summed E-state index contributed by atoms with van der Waals surface area (Å²) in [6, 6.07) is 10.8. The summed E-state index contributed by atoms with van der Waals surface area (Å²) in [6.07, 6.45) is 0. The van der Waals surface area contributed by atoms with Crippen molar-refractivity contribution in [2.24, 2.45) is 0 Å². The average Bonchev–Trinajstić information content (AvgIpc) is 2.51. The van der Waals surface area contributed by atoms with Crippen LogP contribution in [-0.2, 0) is 0 Å². The molecular weight excluding hydrogens is 306 g/mol. The molecule has 1 heterocycles. The number of H-pyrrole nitrogens is 1. The number of halogens is 2. The van der Waals surface area contributed by atoms with Gasteiger partial charge < -0.3 is 4.98 Å². The van der Waals surface area contributed by atoms with E-state index in [0.29, 0.717) is 21.6 Å². The molecule has 3 aromatic rings. The van der Waals surface area contributed by atoms with Crippen molar-refractivity contribution in [1.82, 2.24) is 9.97 Å². The number of aromatic nitrogens is 2. The summed E-state index contributed by atoms with van der Waals surface area (Å²) < 4.78 is 26.2. The first-order chi connectivity index (χ1) is 10.5. The molecule has 6 heteroatoms. The van der Waals surface area contributed by atoms with Crippen LogP contribution in [0.5, 0.6) is 0 Å². The largest absolute Gasteiger partial charge is 0.309 e. The lowest BCUT2D eigenvalue weighted by Crippen LogP contribution is -2.12. The van der Waals surface area contributed by atoms with Crippen molar-refractivity contribution in [2.45, 2.75) is 17.1 Å². The molecule has 22 heavy (non-hydrogen) atoms. The standard InChI is InChI=1S/C16H12F2N2OS/c1-9(22-10-6-7-12(17)13(18)8-10)15-19-14-5-3-2-4-11(14)16(21)20-15/h2-9H,1H3,(H,19,20,21)/t9-/m0/s1. The molecule has 0 fully saturated rings. The Morgan fingerprint density at radius 3 is 2.68 bits per heavy atom. The summed E-state index contributed by atoms with van der Waals surface area (Å²) >= 11 is 1.30. The normalized spacial score (nSPS) is 12.5. The molecule has 1 aromatic heterocycles. The maximum atomic E-state index is 13.2. The third-order valence-corrected chi connectivity index (χ3v) is 4.32. The van der Waals surface area contributed by atoms with E-state index in [0.717, 1.165) is 12.1 Å². The topological polar surface area (TPSA) is 45.8 Å². The van der Waals surface area contributed by atoms with E-state index in [1.807, 2.05) is 13.0 Å². The van der Waals surface area contributed by atoms with E-state index in [1.54, 1.807) is 18.2 Å². The molecule has 0 aliphatic rings. The van der Waals surface area contributed by atoms with Gasteiger partial charge in [0, 0.05) is 4.90 Å². The summed E-state index contributed by atoms with van der Waals surface area (Å²) in [7, 11) is 0. The SMILES string of the molecule is C[C@H](Sc1ccc(F)c(F)c1)c1nc2ccccc2c(=O)[nH]1. The van der Waals surface area contributed by atoms with Crippen molar-refractivity contribution in [3.8, 4) is 0 Å². The van der Waals surface area contributed by atoms with Crippen LogP contribution in [0.1, 0.15) is 18.0 Å². The minimum atomic E-state index is -0.892. The van der Waals surface area contributed by atoms with Gasteiger partial charge in [-0.05, 0) is 37.3 Å². The summed E-state index contributed by atoms with van der Waals surface area (Å²) in [6.45, 7) is 1.85. The number of benzene rings is 2. The average molecular weight is 318 g/mol. The molecule has 0 aliphatic heterocycles. The van der Waals surface area contributed by atoms with Crippen LogP contribution in [-0.4, -0.2) is 9.97 Å². The van der Waals surface area contributed by atoms with Gasteiger partial charge in [0.05, 0.1) is 16.2 Å². The maximum Gasteiger partial charge on any atom is 0.258 e. The number of para-hydroxylation sites is 1.